The van der Waals surface area contributed by atoms with Crippen LogP contribution in [-0.4, -0.2) is 18.1 Å². The maximum atomic E-state index is 5.41. The maximum Gasteiger partial charge on any atom is 0.107 e. The number of hydrogen-bond acceptors (Lipinski definition) is 4. The number of nitrogens with one attached hydrogen (secondary N) is 1. The topological polar surface area (TPSA) is 50.9 Å². The molecule has 0 aliphatic heterocycles. The molecule has 2 aromatic rings. The molecule has 1 aromatic heterocycles. The van der Waals surface area contributed by atoms with E-state index in [1.807, 2.05) is 18.2 Å². The standard InChI is InChI=1S/C12H15N3S/c13-6-7-14-8-12-15-11(9-16-12)10-4-2-1-3-5-10/h1-5,9,14H,6-8,13H2. The zero-order chi connectivity index (χ0) is 11.2. The van der Waals surface area contributed by atoms with Gasteiger partial charge < -0.3 is 11.1 Å². The molecule has 0 bridgehead atoms. The molecule has 0 fully saturated rings. The minimum Gasteiger partial charge on any atom is -0.329 e. The third-order valence-electron chi connectivity index (χ3n) is 2.22. The Morgan fingerprint density at radius 2 is 2.06 bits per heavy atom. The molecule has 2 rings (SSSR count). The highest BCUT2D eigenvalue weighted by molar-refractivity contribution is 7.09. The number of hydrogen-bond donors (Lipinski definition) is 2. The number of rotatable bonds is 5. The number of nitrogens with zero attached hydrogens (tertiary/aromatic N) is 1. The Labute approximate surface area is 99.3 Å². The van der Waals surface area contributed by atoms with E-state index in [-0.39, 0.29) is 0 Å². The van der Waals surface area contributed by atoms with Crippen molar-refractivity contribution in [1.29, 1.82) is 0 Å². The van der Waals surface area contributed by atoms with Gasteiger partial charge in [-0.3, -0.25) is 0 Å². The molecule has 1 heterocycles. The van der Waals surface area contributed by atoms with Crippen LogP contribution in [-0.2, 0) is 6.54 Å². The highest BCUT2D eigenvalue weighted by Gasteiger charge is 2.02. The fourth-order valence-electron chi connectivity index (χ4n) is 1.43. The highest BCUT2D eigenvalue weighted by Crippen LogP contribution is 2.21. The summed E-state index contributed by atoms with van der Waals surface area (Å²) in [6.45, 7) is 2.30. The van der Waals surface area contributed by atoms with Gasteiger partial charge in [0.25, 0.3) is 0 Å². The van der Waals surface area contributed by atoms with Gasteiger partial charge in [0, 0.05) is 30.6 Å². The summed E-state index contributed by atoms with van der Waals surface area (Å²) in [7, 11) is 0. The largest absolute Gasteiger partial charge is 0.329 e. The van der Waals surface area contributed by atoms with Crippen molar-refractivity contribution >= 4 is 11.3 Å². The lowest BCUT2D eigenvalue weighted by Gasteiger charge is -1.98. The average molecular weight is 233 g/mol. The smallest absolute Gasteiger partial charge is 0.107 e. The first-order chi connectivity index (χ1) is 7.90. The summed E-state index contributed by atoms with van der Waals surface area (Å²) in [5.41, 5.74) is 7.63. The van der Waals surface area contributed by atoms with Crippen molar-refractivity contribution in [2.75, 3.05) is 13.1 Å². The van der Waals surface area contributed by atoms with Gasteiger partial charge in [0.2, 0.25) is 0 Å². The molecule has 4 heteroatoms. The van der Waals surface area contributed by atoms with E-state index in [1.165, 1.54) is 5.56 Å². The average Bonchev–Trinajstić information content (AvgIpc) is 2.79. The first-order valence-electron chi connectivity index (χ1n) is 5.31. The van der Waals surface area contributed by atoms with Crippen LogP contribution < -0.4 is 11.1 Å². The summed E-state index contributed by atoms with van der Waals surface area (Å²) in [6, 6.07) is 10.2. The van der Waals surface area contributed by atoms with Gasteiger partial charge in [-0.1, -0.05) is 30.3 Å². The normalized spacial score (nSPS) is 10.6. The molecule has 3 nitrogen and oxygen atoms in total. The van der Waals surface area contributed by atoms with E-state index in [0.29, 0.717) is 6.54 Å². The van der Waals surface area contributed by atoms with E-state index in [4.69, 9.17) is 5.73 Å². The Hall–Kier alpha value is -1.23. The molecule has 0 unspecified atom stereocenters. The van der Waals surface area contributed by atoms with Gasteiger partial charge >= 0.3 is 0 Å². The first-order valence-corrected chi connectivity index (χ1v) is 6.18. The minimum absolute atomic E-state index is 0.664. The third kappa shape index (κ3) is 2.88. The predicted octanol–water partition coefficient (Wildman–Crippen LogP) is 1.86. The zero-order valence-corrected chi connectivity index (χ0v) is 9.83. The number of thiazole rings is 1. The molecular weight excluding hydrogens is 218 g/mol. The fourth-order valence-corrected chi connectivity index (χ4v) is 2.20. The summed E-state index contributed by atoms with van der Waals surface area (Å²) in [5, 5.41) is 6.44. The van der Waals surface area contributed by atoms with E-state index >= 15 is 0 Å². The van der Waals surface area contributed by atoms with Crippen LogP contribution in [0.3, 0.4) is 0 Å². The minimum atomic E-state index is 0.664. The van der Waals surface area contributed by atoms with Crippen molar-refractivity contribution in [1.82, 2.24) is 10.3 Å². The van der Waals surface area contributed by atoms with Gasteiger partial charge in [-0.05, 0) is 0 Å². The predicted molar refractivity (Wildman–Crippen MR) is 68.3 cm³/mol. The van der Waals surface area contributed by atoms with Gasteiger partial charge in [0.05, 0.1) is 5.69 Å². The van der Waals surface area contributed by atoms with Crippen molar-refractivity contribution in [3.63, 3.8) is 0 Å². The lowest BCUT2D eigenvalue weighted by Crippen LogP contribution is -2.21. The fraction of sp³-hybridized carbons (Fsp3) is 0.250. The second-order valence-corrected chi connectivity index (χ2v) is 4.40. The van der Waals surface area contributed by atoms with Crippen molar-refractivity contribution in [2.45, 2.75) is 6.54 Å². The van der Waals surface area contributed by atoms with Gasteiger partial charge in [0.1, 0.15) is 5.01 Å². The SMILES string of the molecule is NCCNCc1nc(-c2ccccc2)cs1. The van der Waals surface area contributed by atoms with Gasteiger partial charge in [-0.2, -0.15) is 0 Å². The van der Waals surface area contributed by atoms with Crippen LogP contribution in [0.5, 0.6) is 0 Å². The molecule has 0 saturated heterocycles. The first kappa shape index (κ1) is 11.3. The molecule has 0 radical (unpaired) electrons. The van der Waals surface area contributed by atoms with E-state index in [2.05, 4.69) is 27.8 Å². The van der Waals surface area contributed by atoms with Crippen LogP contribution in [0.1, 0.15) is 5.01 Å². The van der Waals surface area contributed by atoms with Crippen LogP contribution in [0.4, 0.5) is 0 Å². The van der Waals surface area contributed by atoms with Crippen LogP contribution in [0.2, 0.25) is 0 Å². The number of nitrogens with two attached hydrogens (primary N) is 1. The second-order valence-electron chi connectivity index (χ2n) is 3.46. The van der Waals surface area contributed by atoms with Crippen molar-refractivity contribution in [2.24, 2.45) is 5.73 Å². The van der Waals surface area contributed by atoms with E-state index in [0.717, 1.165) is 23.8 Å². The number of aromatic nitrogens is 1. The summed E-state index contributed by atoms with van der Waals surface area (Å²) in [6.07, 6.45) is 0. The van der Waals surface area contributed by atoms with Crippen LogP contribution in [0.15, 0.2) is 35.7 Å². The summed E-state index contributed by atoms with van der Waals surface area (Å²) in [5.74, 6) is 0. The molecule has 0 spiro atoms. The van der Waals surface area contributed by atoms with Gasteiger partial charge in [0.15, 0.2) is 0 Å². The van der Waals surface area contributed by atoms with E-state index < -0.39 is 0 Å². The molecular formula is C12H15N3S. The Morgan fingerprint density at radius 3 is 2.81 bits per heavy atom. The zero-order valence-electron chi connectivity index (χ0n) is 9.02. The Kier molecular flexibility index (Phi) is 4.04. The Balaban J connectivity index is 2.02. The second kappa shape index (κ2) is 5.75. The molecule has 3 N–H and O–H groups in total. The van der Waals surface area contributed by atoms with Gasteiger partial charge in [-0.25, -0.2) is 4.98 Å². The monoisotopic (exact) mass is 233 g/mol. The summed E-state index contributed by atoms with van der Waals surface area (Å²) in [4.78, 5) is 4.57. The lowest BCUT2D eigenvalue weighted by atomic mass is 10.2. The molecule has 0 atom stereocenters. The molecule has 84 valence electrons. The van der Waals surface area contributed by atoms with Crippen molar-refractivity contribution < 1.29 is 0 Å². The van der Waals surface area contributed by atoms with Gasteiger partial charge in [-0.15, -0.1) is 11.3 Å². The van der Waals surface area contributed by atoms with E-state index in [1.54, 1.807) is 11.3 Å². The Morgan fingerprint density at radius 1 is 1.25 bits per heavy atom. The molecule has 0 saturated carbocycles. The third-order valence-corrected chi connectivity index (χ3v) is 3.07. The summed E-state index contributed by atoms with van der Waals surface area (Å²) >= 11 is 1.68. The quantitative estimate of drug-likeness (QED) is 0.775. The molecule has 0 amide bonds. The van der Waals surface area contributed by atoms with Crippen LogP contribution in [0.25, 0.3) is 11.3 Å². The highest BCUT2D eigenvalue weighted by atomic mass is 32.1. The molecule has 1 aromatic carbocycles. The molecule has 0 aliphatic carbocycles. The maximum absolute atomic E-state index is 5.41. The van der Waals surface area contributed by atoms with Crippen molar-refractivity contribution in [3.05, 3.63) is 40.7 Å². The van der Waals surface area contributed by atoms with E-state index in [9.17, 15) is 0 Å². The molecule has 0 aliphatic rings. The Bertz CT molecular complexity index is 425. The molecule has 16 heavy (non-hydrogen) atoms. The van der Waals surface area contributed by atoms with Crippen LogP contribution in [0, 0.1) is 0 Å². The van der Waals surface area contributed by atoms with Crippen LogP contribution >= 0.6 is 11.3 Å². The number of benzene rings is 1. The lowest BCUT2D eigenvalue weighted by molar-refractivity contribution is 0.692. The van der Waals surface area contributed by atoms with Crippen molar-refractivity contribution in [3.8, 4) is 11.3 Å². The summed E-state index contributed by atoms with van der Waals surface area (Å²) < 4.78 is 0.